The van der Waals surface area contributed by atoms with E-state index in [1.54, 1.807) is 0 Å². The Labute approximate surface area is 346 Å². The highest BCUT2D eigenvalue weighted by molar-refractivity contribution is 6.39. The number of allylic oxidation sites excluding steroid dienone is 1. The van der Waals surface area contributed by atoms with Gasteiger partial charge in [-0.3, -0.25) is 0 Å². The lowest BCUT2D eigenvalue weighted by Crippen LogP contribution is -3.00. The average Bonchev–Trinajstić information content (AvgIpc) is 3.21. The van der Waals surface area contributed by atoms with Crippen LogP contribution in [0.2, 0.25) is 0 Å². The molecule has 0 spiro atoms. The van der Waals surface area contributed by atoms with E-state index in [1.165, 1.54) is 152 Å². The minimum absolute atomic E-state index is 0. The quantitative estimate of drug-likeness (QED) is 0.0779. The van der Waals surface area contributed by atoms with E-state index in [1.807, 2.05) is 0 Å². The summed E-state index contributed by atoms with van der Waals surface area (Å²) in [6.07, 6.45) is 19.9. The predicted octanol–water partition coefficient (Wildman–Crippen LogP) is 6.61. The van der Waals surface area contributed by atoms with Gasteiger partial charge in [0.05, 0.1) is 16.3 Å². The molecule has 2 aliphatic rings. The van der Waals surface area contributed by atoms with Crippen molar-refractivity contribution in [2.24, 2.45) is 0 Å². The average molecular weight is 917 g/mol. The van der Waals surface area contributed by atoms with Crippen molar-refractivity contribution in [2.75, 3.05) is 0 Å². The summed E-state index contributed by atoms with van der Waals surface area (Å²) in [4.78, 5) is 7.57. The molecule has 1 atom stereocenters. The number of pyridine rings is 2. The summed E-state index contributed by atoms with van der Waals surface area (Å²) < 4.78 is 0. The zero-order valence-corrected chi connectivity index (χ0v) is 34.6. The van der Waals surface area contributed by atoms with Crippen LogP contribution in [0.25, 0.3) is 65.3 Å². The normalized spacial score (nSPS) is 16.2. The van der Waals surface area contributed by atoms with Gasteiger partial charge in [-0.25, -0.2) is 9.97 Å². The Morgan fingerprint density at radius 3 is 1.83 bits per heavy atom. The number of rotatable bonds is 6. The van der Waals surface area contributed by atoms with Gasteiger partial charge in [0.1, 0.15) is 0 Å². The summed E-state index contributed by atoms with van der Waals surface area (Å²) in [6.45, 7) is 4.58. The minimum Gasteiger partial charge on any atom is -1.00 e. The van der Waals surface area contributed by atoms with Gasteiger partial charge in [-0.1, -0.05) is 111 Å². The maximum absolute atomic E-state index is 4.58. The van der Waals surface area contributed by atoms with E-state index >= 15 is 0 Å². The summed E-state index contributed by atoms with van der Waals surface area (Å²) in [5.41, 5.74) is 9.27. The highest BCUT2D eigenvalue weighted by atomic mass is 127. The number of hydrogen-bond acceptors (Lipinski definition) is 0. The van der Waals surface area contributed by atoms with Crippen LogP contribution in [0.3, 0.4) is 0 Å². The van der Waals surface area contributed by atoms with Crippen LogP contribution in [0.4, 0.5) is 0 Å². The molecule has 2 fully saturated rings. The molecular weight excluding hydrogens is 870 g/mol. The van der Waals surface area contributed by atoms with E-state index in [0.29, 0.717) is 11.8 Å². The first-order chi connectivity index (χ1) is 25.3. The van der Waals surface area contributed by atoms with Crippen molar-refractivity contribution < 1.29 is 57.9 Å². The molecule has 266 valence electrons. The molecule has 10 rings (SSSR count). The van der Waals surface area contributed by atoms with Crippen LogP contribution in [-0.4, -0.2) is 0 Å². The van der Waals surface area contributed by atoms with Crippen molar-refractivity contribution >= 4 is 54.0 Å². The van der Waals surface area contributed by atoms with E-state index in [4.69, 9.17) is 0 Å². The highest BCUT2D eigenvalue weighted by Crippen LogP contribution is 2.48. The van der Waals surface area contributed by atoms with Gasteiger partial charge in [0.2, 0.25) is 11.2 Å². The first kappa shape index (κ1) is 36.4. The van der Waals surface area contributed by atoms with Gasteiger partial charge in [0.25, 0.3) is 0 Å². The number of benzene rings is 6. The Bertz CT molecular complexity index is 2560. The van der Waals surface area contributed by atoms with Crippen LogP contribution in [0, 0.1) is 0 Å². The standard InChI is InChI=1S/C49H44N2.2HI/c1-2-35(44-29-33(31-13-5-3-6-14-31)22-24-38(44)45-27-23-34(30-51-45)32-15-7-4-8-16-32)41-25-26-42-37-18-10-9-17-36(37)39-19-11-20-40-43-21-12-28-50-49(43)48(41)47(42)46(39)40;;/h2,9-12,17-32,35H,1,3-8,13-16H2;2*1H. The van der Waals surface area contributed by atoms with Crippen LogP contribution in [-0.2, 0) is 0 Å². The zero-order chi connectivity index (χ0) is 33.9. The molecule has 6 aromatic carbocycles. The topological polar surface area (TPSA) is 28.3 Å². The lowest BCUT2D eigenvalue weighted by molar-refractivity contribution is -0.365. The minimum atomic E-state index is 0. The van der Waals surface area contributed by atoms with Gasteiger partial charge in [0, 0.05) is 29.0 Å². The van der Waals surface area contributed by atoms with Crippen LogP contribution in [0.15, 0.2) is 122 Å². The third kappa shape index (κ3) is 6.12. The molecule has 2 saturated carbocycles. The third-order valence-corrected chi connectivity index (χ3v) is 12.7. The monoisotopic (exact) mass is 916 g/mol. The van der Waals surface area contributed by atoms with E-state index in [9.17, 15) is 0 Å². The van der Waals surface area contributed by atoms with Crippen LogP contribution >= 0.6 is 0 Å². The van der Waals surface area contributed by atoms with E-state index in [2.05, 4.69) is 132 Å². The van der Waals surface area contributed by atoms with Gasteiger partial charge in [0.15, 0.2) is 12.4 Å². The first-order valence-corrected chi connectivity index (χ1v) is 19.5. The van der Waals surface area contributed by atoms with Gasteiger partial charge in [-0.05, 0) is 105 Å². The zero-order valence-electron chi connectivity index (χ0n) is 30.2. The molecule has 8 aromatic rings. The molecule has 2 aliphatic carbocycles. The lowest BCUT2D eigenvalue weighted by Gasteiger charge is -2.25. The van der Waals surface area contributed by atoms with Crippen LogP contribution in [0.5, 0.6) is 0 Å². The summed E-state index contributed by atoms with van der Waals surface area (Å²) in [6, 6.07) is 37.2. The molecule has 0 amide bonds. The molecule has 4 heteroatoms. The fourth-order valence-corrected chi connectivity index (χ4v) is 10.2. The number of aromatic amines is 2. The second-order valence-corrected chi connectivity index (χ2v) is 15.5. The van der Waals surface area contributed by atoms with Crippen molar-refractivity contribution in [1.29, 1.82) is 0 Å². The Kier molecular flexibility index (Phi) is 10.5. The predicted molar refractivity (Wildman–Crippen MR) is 214 cm³/mol. The first-order valence-electron chi connectivity index (χ1n) is 19.5. The molecule has 1 unspecified atom stereocenters. The number of H-pyrrole nitrogens is 2. The number of nitrogens with one attached hydrogen (secondary N) is 2. The SMILES string of the molecule is C=CC(c1cc(C2CCCCC2)ccc1-c1ccc(C2CCCCC2)c[nH+]1)c1ccc2c3ccccc3c3cccc4c5ccc[nH+]c5c1c2c34.[I-].[I-]. The second kappa shape index (κ2) is 15.3. The second-order valence-electron chi connectivity index (χ2n) is 15.5. The fourth-order valence-electron chi connectivity index (χ4n) is 10.2. The molecule has 2 aromatic heterocycles. The summed E-state index contributed by atoms with van der Waals surface area (Å²) in [5, 5.41) is 11.9. The maximum Gasteiger partial charge on any atom is 0.219 e. The Morgan fingerprint density at radius 1 is 0.528 bits per heavy atom. The van der Waals surface area contributed by atoms with E-state index in [0.717, 1.165) is 0 Å². The van der Waals surface area contributed by atoms with Gasteiger partial charge < -0.3 is 48.0 Å². The largest absolute Gasteiger partial charge is 1.00 e. The molecule has 2 heterocycles. The summed E-state index contributed by atoms with van der Waals surface area (Å²) in [5.74, 6) is 1.30. The molecule has 0 saturated heterocycles. The highest BCUT2D eigenvalue weighted by Gasteiger charge is 2.28. The molecule has 2 nitrogen and oxygen atoms in total. The number of hydrogen-bond donors (Lipinski definition) is 0. The third-order valence-electron chi connectivity index (χ3n) is 12.7. The summed E-state index contributed by atoms with van der Waals surface area (Å²) in [7, 11) is 0. The molecular formula is C49H46I2N2. The Balaban J connectivity index is 0.00000200. The van der Waals surface area contributed by atoms with Crippen LogP contribution in [0.1, 0.15) is 104 Å². The summed E-state index contributed by atoms with van der Waals surface area (Å²) >= 11 is 0. The number of aromatic nitrogens is 2. The Hall–Kier alpha value is -3.62. The lowest BCUT2D eigenvalue weighted by atomic mass is 9.78. The van der Waals surface area contributed by atoms with E-state index in [-0.39, 0.29) is 53.9 Å². The van der Waals surface area contributed by atoms with Crippen molar-refractivity contribution in [3.05, 3.63) is 144 Å². The van der Waals surface area contributed by atoms with Crippen molar-refractivity contribution in [3.8, 4) is 11.3 Å². The smallest absolute Gasteiger partial charge is 0.219 e. The van der Waals surface area contributed by atoms with Crippen LogP contribution < -0.4 is 57.9 Å². The van der Waals surface area contributed by atoms with E-state index < -0.39 is 0 Å². The molecule has 0 radical (unpaired) electrons. The van der Waals surface area contributed by atoms with Gasteiger partial charge in [-0.15, -0.1) is 6.58 Å². The maximum atomic E-state index is 4.58. The molecule has 0 bridgehead atoms. The van der Waals surface area contributed by atoms with Crippen molar-refractivity contribution in [1.82, 2.24) is 0 Å². The fraction of sp³-hybridized carbons (Fsp3) is 0.265. The molecule has 53 heavy (non-hydrogen) atoms. The van der Waals surface area contributed by atoms with Gasteiger partial charge >= 0.3 is 0 Å². The van der Waals surface area contributed by atoms with Gasteiger partial charge in [-0.2, -0.15) is 0 Å². The number of fused-ring (bicyclic) bond motifs is 6. The Morgan fingerprint density at radius 2 is 1.15 bits per heavy atom. The van der Waals surface area contributed by atoms with Crippen molar-refractivity contribution in [2.45, 2.75) is 82.0 Å². The number of halogens is 2. The van der Waals surface area contributed by atoms with Crippen molar-refractivity contribution in [3.63, 3.8) is 0 Å². The molecule has 2 N–H and O–H groups in total. The molecule has 0 aliphatic heterocycles.